The predicted octanol–water partition coefficient (Wildman–Crippen LogP) is 2.76. The van der Waals surface area contributed by atoms with E-state index in [1.165, 1.54) is 0 Å². The highest BCUT2D eigenvalue weighted by Gasteiger charge is 2.35. The Hall–Kier alpha value is -2.39. The fraction of sp³-hybridized carbons (Fsp3) is 0.500. The molecule has 24 heavy (non-hydrogen) atoms. The Bertz CT molecular complexity index is 767. The van der Waals surface area contributed by atoms with E-state index in [0.29, 0.717) is 6.42 Å². The molecule has 6 heteroatoms. The lowest BCUT2D eigenvalue weighted by atomic mass is 9.85. The van der Waals surface area contributed by atoms with Gasteiger partial charge in [-0.25, -0.2) is 0 Å². The van der Waals surface area contributed by atoms with Crippen molar-refractivity contribution in [2.75, 3.05) is 25.0 Å². The van der Waals surface area contributed by atoms with Crippen LogP contribution in [0.2, 0.25) is 0 Å². The van der Waals surface area contributed by atoms with Gasteiger partial charge in [0.15, 0.2) is 0 Å². The van der Waals surface area contributed by atoms with E-state index in [1.807, 2.05) is 18.2 Å². The molecule has 3 rings (SSSR count). The molecule has 0 bridgehead atoms. The SMILES string of the molecule is CC(C)(CCC#N)CN1CC(C(=O)Nc2ccc3[nH]ncc3c2)C1. The number of likely N-dealkylation sites (tertiary alicyclic amines) is 1. The number of amides is 1. The van der Waals surface area contributed by atoms with Gasteiger partial charge in [-0.3, -0.25) is 9.89 Å². The molecular weight excluding hydrogens is 302 g/mol. The molecule has 1 fully saturated rings. The van der Waals surface area contributed by atoms with E-state index >= 15 is 0 Å². The summed E-state index contributed by atoms with van der Waals surface area (Å²) in [6.07, 6.45) is 3.22. The van der Waals surface area contributed by atoms with Crippen molar-refractivity contribution in [3.8, 4) is 6.07 Å². The van der Waals surface area contributed by atoms with Gasteiger partial charge in [0, 0.05) is 37.1 Å². The molecule has 0 atom stereocenters. The number of nitrogens with zero attached hydrogens (tertiary/aromatic N) is 3. The van der Waals surface area contributed by atoms with Gasteiger partial charge in [-0.05, 0) is 30.0 Å². The average molecular weight is 325 g/mol. The number of fused-ring (bicyclic) bond motifs is 1. The molecular formula is C18H23N5O. The minimum Gasteiger partial charge on any atom is -0.326 e. The molecule has 1 aromatic heterocycles. The average Bonchev–Trinajstić information content (AvgIpc) is 2.96. The van der Waals surface area contributed by atoms with E-state index in [1.54, 1.807) is 6.20 Å². The summed E-state index contributed by atoms with van der Waals surface area (Å²) in [5.74, 6) is 0.112. The fourth-order valence-corrected chi connectivity index (χ4v) is 3.21. The van der Waals surface area contributed by atoms with Gasteiger partial charge >= 0.3 is 0 Å². The van der Waals surface area contributed by atoms with Crippen molar-refractivity contribution in [3.05, 3.63) is 24.4 Å². The lowest BCUT2D eigenvalue weighted by molar-refractivity contribution is -0.125. The highest BCUT2D eigenvalue weighted by atomic mass is 16.2. The number of aromatic amines is 1. The summed E-state index contributed by atoms with van der Waals surface area (Å²) >= 11 is 0. The van der Waals surface area contributed by atoms with Crippen LogP contribution in [0.5, 0.6) is 0 Å². The smallest absolute Gasteiger partial charge is 0.230 e. The highest BCUT2D eigenvalue weighted by Crippen LogP contribution is 2.28. The van der Waals surface area contributed by atoms with Crippen molar-refractivity contribution in [3.63, 3.8) is 0 Å². The van der Waals surface area contributed by atoms with Gasteiger partial charge in [-0.15, -0.1) is 0 Å². The molecule has 0 aliphatic carbocycles. The number of anilines is 1. The van der Waals surface area contributed by atoms with E-state index in [0.717, 1.165) is 42.6 Å². The number of hydrogen-bond acceptors (Lipinski definition) is 4. The standard InChI is InChI=1S/C18H23N5O/c1-18(2,6-3-7-19)12-23-10-14(11-23)17(24)21-15-4-5-16-13(8-15)9-20-22-16/h4-5,8-9,14H,3,6,10-12H2,1-2H3,(H,20,22)(H,21,24). The minimum absolute atomic E-state index is 0.0387. The third kappa shape index (κ3) is 3.74. The summed E-state index contributed by atoms with van der Waals surface area (Å²) in [6, 6.07) is 7.95. The number of nitrogens with one attached hydrogen (secondary N) is 2. The summed E-state index contributed by atoms with van der Waals surface area (Å²) in [5, 5.41) is 19.6. The van der Waals surface area contributed by atoms with Crippen LogP contribution in [0.4, 0.5) is 5.69 Å². The van der Waals surface area contributed by atoms with E-state index in [9.17, 15) is 4.79 Å². The summed E-state index contributed by atoms with van der Waals surface area (Å²) in [6.45, 7) is 6.86. The lowest BCUT2D eigenvalue weighted by Gasteiger charge is -2.42. The van der Waals surface area contributed by atoms with E-state index in [2.05, 4.69) is 40.3 Å². The summed E-state index contributed by atoms with van der Waals surface area (Å²) in [7, 11) is 0. The molecule has 0 saturated carbocycles. The van der Waals surface area contributed by atoms with E-state index < -0.39 is 0 Å². The summed E-state index contributed by atoms with van der Waals surface area (Å²) < 4.78 is 0. The zero-order valence-electron chi connectivity index (χ0n) is 14.2. The molecule has 0 radical (unpaired) electrons. The fourth-order valence-electron chi connectivity index (χ4n) is 3.21. The van der Waals surface area contributed by atoms with Gasteiger partial charge in [-0.1, -0.05) is 13.8 Å². The second-order valence-electron chi connectivity index (χ2n) is 7.37. The van der Waals surface area contributed by atoms with Crippen LogP contribution < -0.4 is 5.32 Å². The molecule has 1 aliphatic rings. The van der Waals surface area contributed by atoms with Crippen molar-refractivity contribution in [2.45, 2.75) is 26.7 Å². The van der Waals surface area contributed by atoms with Gasteiger partial charge in [-0.2, -0.15) is 10.4 Å². The number of aromatic nitrogens is 2. The van der Waals surface area contributed by atoms with Crippen LogP contribution in [0.1, 0.15) is 26.7 Å². The zero-order valence-corrected chi connectivity index (χ0v) is 14.2. The molecule has 1 aliphatic heterocycles. The summed E-state index contributed by atoms with van der Waals surface area (Å²) in [4.78, 5) is 14.6. The lowest BCUT2D eigenvalue weighted by Crippen LogP contribution is -2.54. The number of nitriles is 1. The van der Waals surface area contributed by atoms with Crippen LogP contribution in [0, 0.1) is 22.7 Å². The van der Waals surface area contributed by atoms with E-state index in [4.69, 9.17) is 5.26 Å². The van der Waals surface area contributed by atoms with E-state index in [-0.39, 0.29) is 17.2 Å². The van der Waals surface area contributed by atoms with Crippen LogP contribution in [0.15, 0.2) is 24.4 Å². The van der Waals surface area contributed by atoms with Gasteiger partial charge in [0.2, 0.25) is 5.91 Å². The maximum Gasteiger partial charge on any atom is 0.230 e. The largest absolute Gasteiger partial charge is 0.326 e. The third-order valence-electron chi connectivity index (χ3n) is 4.60. The van der Waals surface area contributed by atoms with Crippen molar-refractivity contribution in [2.24, 2.45) is 11.3 Å². The molecule has 6 nitrogen and oxygen atoms in total. The second kappa shape index (κ2) is 6.62. The molecule has 2 heterocycles. The van der Waals surface area contributed by atoms with Crippen molar-refractivity contribution in [1.82, 2.24) is 15.1 Å². The van der Waals surface area contributed by atoms with Crippen LogP contribution in [-0.4, -0.2) is 40.6 Å². The highest BCUT2D eigenvalue weighted by molar-refractivity contribution is 5.95. The Kier molecular flexibility index (Phi) is 4.54. The number of carbonyl (C=O) groups is 1. The Morgan fingerprint density at radius 3 is 3.04 bits per heavy atom. The normalized spacial score (nSPS) is 15.9. The third-order valence-corrected chi connectivity index (χ3v) is 4.60. The van der Waals surface area contributed by atoms with Gasteiger partial charge in [0.25, 0.3) is 0 Å². The first kappa shape index (κ1) is 16.5. The predicted molar refractivity (Wildman–Crippen MR) is 93.3 cm³/mol. The molecule has 2 aromatic rings. The van der Waals surface area contributed by atoms with Gasteiger partial charge < -0.3 is 10.2 Å². The summed E-state index contributed by atoms with van der Waals surface area (Å²) in [5.41, 5.74) is 1.88. The van der Waals surface area contributed by atoms with Crippen molar-refractivity contribution >= 4 is 22.5 Å². The molecule has 1 amide bonds. The minimum atomic E-state index is 0.0387. The van der Waals surface area contributed by atoms with Gasteiger partial charge in [0.05, 0.1) is 23.7 Å². The zero-order chi connectivity index (χ0) is 17.2. The van der Waals surface area contributed by atoms with Crippen LogP contribution >= 0.6 is 0 Å². The molecule has 1 saturated heterocycles. The van der Waals surface area contributed by atoms with Crippen molar-refractivity contribution < 1.29 is 4.79 Å². The maximum absolute atomic E-state index is 12.3. The Balaban J connectivity index is 1.49. The molecule has 1 aromatic carbocycles. The Labute approximate surface area is 141 Å². The first-order chi connectivity index (χ1) is 11.5. The molecule has 0 spiro atoms. The number of H-pyrrole nitrogens is 1. The molecule has 126 valence electrons. The maximum atomic E-state index is 12.3. The van der Waals surface area contributed by atoms with Crippen LogP contribution in [0.25, 0.3) is 10.9 Å². The number of hydrogen-bond donors (Lipinski definition) is 2. The Morgan fingerprint density at radius 1 is 1.50 bits per heavy atom. The van der Waals surface area contributed by atoms with Gasteiger partial charge in [0.1, 0.15) is 0 Å². The second-order valence-corrected chi connectivity index (χ2v) is 7.37. The molecule has 2 N–H and O–H groups in total. The number of benzene rings is 1. The van der Waals surface area contributed by atoms with Crippen LogP contribution in [0.3, 0.4) is 0 Å². The topological polar surface area (TPSA) is 84.8 Å². The van der Waals surface area contributed by atoms with Crippen LogP contribution in [-0.2, 0) is 4.79 Å². The Morgan fingerprint density at radius 2 is 2.29 bits per heavy atom. The quantitative estimate of drug-likeness (QED) is 0.855. The number of carbonyl (C=O) groups excluding carboxylic acids is 1. The monoisotopic (exact) mass is 325 g/mol. The van der Waals surface area contributed by atoms with Crippen molar-refractivity contribution in [1.29, 1.82) is 5.26 Å². The number of rotatable bonds is 6. The first-order valence-corrected chi connectivity index (χ1v) is 8.30. The first-order valence-electron chi connectivity index (χ1n) is 8.30. The molecule has 0 unspecified atom stereocenters.